The van der Waals surface area contributed by atoms with Crippen LogP contribution in [-0.4, -0.2) is 24.5 Å². The zero-order valence-corrected chi connectivity index (χ0v) is 18.1. The molecule has 7 nitrogen and oxygen atoms in total. The first-order valence-electron chi connectivity index (χ1n) is 9.83. The van der Waals surface area contributed by atoms with Crippen molar-refractivity contribution in [3.8, 4) is 0 Å². The fourth-order valence-electron chi connectivity index (χ4n) is 3.59. The zero-order chi connectivity index (χ0) is 22.3. The van der Waals surface area contributed by atoms with Gasteiger partial charge in [-0.15, -0.1) is 0 Å². The Kier molecular flexibility index (Phi) is 5.37. The minimum atomic E-state index is -0.386. The monoisotopic (exact) mass is 436 g/mol. The topological polar surface area (TPSA) is 78.9 Å². The van der Waals surface area contributed by atoms with Crippen LogP contribution in [-0.2, 0) is 13.6 Å². The molecule has 0 amide bonds. The van der Waals surface area contributed by atoms with Gasteiger partial charge in [0.1, 0.15) is 0 Å². The average molecular weight is 437 g/mol. The molecule has 0 saturated carbocycles. The predicted molar refractivity (Wildman–Crippen MR) is 120 cm³/mol. The summed E-state index contributed by atoms with van der Waals surface area (Å²) in [4.78, 5) is 42.4. The van der Waals surface area contributed by atoms with Crippen LogP contribution in [0.5, 0.6) is 0 Å². The van der Waals surface area contributed by atoms with Crippen molar-refractivity contribution in [2.45, 2.75) is 26.4 Å². The van der Waals surface area contributed by atoms with Crippen molar-refractivity contribution >= 4 is 28.5 Å². The summed E-state index contributed by atoms with van der Waals surface area (Å²) in [7, 11) is 1.61. The number of fused-ring (bicyclic) bond motifs is 1. The SMILES string of the molecule is CC(C)n1c(=O)c2c(ncn2Cc2ccc(C(=O)c3ccc(Cl)cc3)cc2)n(C)c1=O. The van der Waals surface area contributed by atoms with E-state index in [1.165, 1.54) is 9.13 Å². The molecule has 0 atom stereocenters. The van der Waals surface area contributed by atoms with Gasteiger partial charge in [0.15, 0.2) is 16.9 Å². The fourth-order valence-corrected chi connectivity index (χ4v) is 3.72. The van der Waals surface area contributed by atoms with E-state index in [4.69, 9.17) is 11.6 Å². The summed E-state index contributed by atoms with van der Waals surface area (Å²) in [5.41, 5.74) is 2.00. The van der Waals surface area contributed by atoms with Crippen LogP contribution in [0.4, 0.5) is 0 Å². The maximum absolute atomic E-state index is 13.0. The number of halogens is 1. The van der Waals surface area contributed by atoms with Gasteiger partial charge in [0.2, 0.25) is 0 Å². The quantitative estimate of drug-likeness (QED) is 0.449. The third-order valence-electron chi connectivity index (χ3n) is 5.24. The lowest BCUT2D eigenvalue weighted by Gasteiger charge is -2.12. The summed E-state index contributed by atoms with van der Waals surface area (Å²) in [5, 5.41) is 0.577. The molecule has 0 fully saturated rings. The summed E-state index contributed by atoms with van der Waals surface area (Å²) in [6.45, 7) is 3.98. The minimum Gasteiger partial charge on any atom is -0.320 e. The lowest BCUT2D eigenvalue weighted by atomic mass is 10.0. The highest BCUT2D eigenvalue weighted by Gasteiger charge is 2.18. The van der Waals surface area contributed by atoms with Crippen LogP contribution in [0, 0.1) is 0 Å². The number of ketones is 1. The van der Waals surface area contributed by atoms with Gasteiger partial charge >= 0.3 is 5.69 Å². The van der Waals surface area contributed by atoms with E-state index in [9.17, 15) is 14.4 Å². The molecule has 0 aliphatic heterocycles. The highest BCUT2D eigenvalue weighted by Crippen LogP contribution is 2.16. The molecule has 158 valence electrons. The van der Waals surface area contributed by atoms with E-state index < -0.39 is 0 Å². The molecular weight excluding hydrogens is 416 g/mol. The van der Waals surface area contributed by atoms with Crippen LogP contribution in [0.3, 0.4) is 0 Å². The van der Waals surface area contributed by atoms with Gasteiger partial charge < -0.3 is 4.57 Å². The predicted octanol–water partition coefficient (Wildman–Crippen LogP) is 3.41. The van der Waals surface area contributed by atoms with E-state index in [-0.39, 0.29) is 23.1 Å². The number of hydrogen-bond acceptors (Lipinski definition) is 4. The summed E-state index contributed by atoms with van der Waals surface area (Å²) >= 11 is 5.89. The fraction of sp³-hybridized carbons (Fsp3) is 0.217. The van der Waals surface area contributed by atoms with Crippen molar-refractivity contribution < 1.29 is 4.79 Å². The lowest BCUT2D eigenvalue weighted by molar-refractivity contribution is 0.103. The molecule has 0 N–H and O–H groups in total. The van der Waals surface area contributed by atoms with Crippen molar-refractivity contribution in [1.29, 1.82) is 0 Å². The summed E-state index contributed by atoms with van der Waals surface area (Å²) < 4.78 is 4.35. The van der Waals surface area contributed by atoms with Gasteiger partial charge in [-0.3, -0.25) is 18.7 Å². The van der Waals surface area contributed by atoms with E-state index in [1.807, 2.05) is 12.1 Å². The molecule has 0 unspecified atom stereocenters. The van der Waals surface area contributed by atoms with Crippen molar-refractivity contribution in [2.24, 2.45) is 7.05 Å². The van der Waals surface area contributed by atoms with Crippen LogP contribution in [0.2, 0.25) is 5.02 Å². The largest absolute Gasteiger partial charge is 0.332 e. The molecule has 0 saturated heterocycles. The van der Waals surface area contributed by atoms with E-state index in [0.717, 1.165) is 5.56 Å². The normalized spacial score (nSPS) is 11.4. The van der Waals surface area contributed by atoms with Crippen molar-refractivity contribution in [1.82, 2.24) is 18.7 Å². The van der Waals surface area contributed by atoms with Crippen LogP contribution in [0.25, 0.3) is 11.2 Å². The number of carbonyl (C=O) groups excluding carboxylic acids is 1. The summed E-state index contributed by atoms with van der Waals surface area (Å²) in [5.74, 6) is -0.0916. The van der Waals surface area contributed by atoms with Crippen LogP contribution >= 0.6 is 11.6 Å². The molecule has 0 bridgehead atoms. The number of hydrogen-bond donors (Lipinski definition) is 0. The van der Waals surface area contributed by atoms with E-state index >= 15 is 0 Å². The first-order valence-corrected chi connectivity index (χ1v) is 10.2. The summed E-state index contributed by atoms with van der Waals surface area (Å²) in [6, 6.07) is 13.7. The highest BCUT2D eigenvalue weighted by atomic mass is 35.5. The lowest BCUT2D eigenvalue weighted by Crippen LogP contribution is -2.40. The average Bonchev–Trinajstić information content (AvgIpc) is 3.16. The first kappa shape index (κ1) is 20.8. The minimum absolute atomic E-state index is 0.0916. The molecule has 4 aromatic rings. The molecule has 4 rings (SSSR count). The third-order valence-corrected chi connectivity index (χ3v) is 5.49. The molecular formula is C23H21ClN4O3. The molecule has 31 heavy (non-hydrogen) atoms. The number of benzene rings is 2. The second kappa shape index (κ2) is 8.00. The van der Waals surface area contributed by atoms with Crippen LogP contribution in [0.15, 0.2) is 64.4 Å². The number of aromatic nitrogens is 4. The Morgan fingerprint density at radius 3 is 2.16 bits per heavy atom. The zero-order valence-electron chi connectivity index (χ0n) is 17.4. The van der Waals surface area contributed by atoms with Gasteiger partial charge in [-0.05, 0) is 43.7 Å². The van der Waals surface area contributed by atoms with Gasteiger partial charge in [-0.2, -0.15) is 0 Å². The number of aryl methyl sites for hydroxylation is 1. The molecule has 0 aliphatic rings. The van der Waals surface area contributed by atoms with E-state index in [2.05, 4.69) is 4.98 Å². The number of imidazole rings is 1. The van der Waals surface area contributed by atoms with E-state index in [0.29, 0.717) is 33.9 Å². The Morgan fingerprint density at radius 2 is 1.58 bits per heavy atom. The van der Waals surface area contributed by atoms with Crippen LogP contribution < -0.4 is 11.2 Å². The Hall–Kier alpha value is -3.45. The molecule has 0 spiro atoms. The Balaban J connectivity index is 1.67. The number of nitrogens with zero attached hydrogens (tertiary/aromatic N) is 4. The molecule has 2 aromatic heterocycles. The second-order valence-electron chi connectivity index (χ2n) is 7.69. The molecule has 2 aromatic carbocycles. The second-order valence-corrected chi connectivity index (χ2v) is 8.12. The first-order chi connectivity index (χ1) is 14.8. The maximum Gasteiger partial charge on any atom is 0.332 e. The third kappa shape index (κ3) is 3.72. The van der Waals surface area contributed by atoms with Gasteiger partial charge in [0.05, 0.1) is 6.33 Å². The van der Waals surface area contributed by atoms with Gasteiger partial charge in [0, 0.05) is 35.8 Å². The van der Waals surface area contributed by atoms with Crippen LogP contribution in [0.1, 0.15) is 41.4 Å². The molecule has 0 aliphatic carbocycles. The number of rotatable bonds is 5. The van der Waals surface area contributed by atoms with Crippen molar-refractivity contribution in [3.05, 3.63) is 97.4 Å². The van der Waals surface area contributed by atoms with Gasteiger partial charge in [-0.1, -0.05) is 35.9 Å². The van der Waals surface area contributed by atoms with Gasteiger partial charge in [0.25, 0.3) is 5.56 Å². The maximum atomic E-state index is 13.0. The van der Waals surface area contributed by atoms with Gasteiger partial charge in [-0.25, -0.2) is 9.78 Å². The number of carbonyl (C=O) groups is 1. The Bertz CT molecular complexity index is 1390. The summed E-state index contributed by atoms with van der Waals surface area (Å²) in [6.07, 6.45) is 1.56. The molecule has 2 heterocycles. The van der Waals surface area contributed by atoms with Crippen molar-refractivity contribution in [3.63, 3.8) is 0 Å². The Labute approximate surface area is 183 Å². The standard InChI is InChI=1S/C23H21ClN4O3/c1-14(2)28-22(30)19-21(26(3)23(28)31)25-13-27(19)12-15-4-6-16(7-5-15)20(29)17-8-10-18(24)11-9-17/h4-11,13-14H,12H2,1-3H3. The van der Waals surface area contributed by atoms with E-state index in [1.54, 1.807) is 68.2 Å². The molecule has 8 heteroatoms. The van der Waals surface area contributed by atoms with Crippen molar-refractivity contribution in [2.75, 3.05) is 0 Å². The Morgan fingerprint density at radius 1 is 1.00 bits per heavy atom. The smallest absolute Gasteiger partial charge is 0.320 e. The molecule has 0 radical (unpaired) electrons. The highest BCUT2D eigenvalue weighted by molar-refractivity contribution is 6.30.